The average Bonchev–Trinajstić information content (AvgIpc) is 2.70. The summed E-state index contributed by atoms with van der Waals surface area (Å²) in [5.41, 5.74) is 1.24. The van der Waals surface area contributed by atoms with Gasteiger partial charge >= 0.3 is 0 Å². The minimum atomic E-state index is 0.286. The summed E-state index contributed by atoms with van der Waals surface area (Å²) in [4.78, 5) is 7.23. The van der Waals surface area contributed by atoms with Gasteiger partial charge in [0.1, 0.15) is 0 Å². The lowest BCUT2D eigenvalue weighted by Gasteiger charge is -2.38. The number of benzene rings is 2. The molecule has 7 heteroatoms. The van der Waals surface area contributed by atoms with Crippen molar-refractivity contribution >= 4 is 46.6 Å². The van der Waals surface area contributed by atoms with Gasteiger partial charge in [-0.3, -0.25) is 9.80 Å². The van der Waals surface area contributed by atoms with Gasteiger partial charge < -0.3 is 4.74 Å². The summed E-state index contributed by atoms with van der Waals surface area (Å²) in [6.45, 7) is 8.23. The Balaban J connectivity index is 1.74. The van der Waals surface area contributed by atoms with Crippen LogP contribution in [-0.4, -0.2) is 56.2 Å². The van der Waals surface area contributed by atoms with Gasteiger partial charge in [0.05, 0.1) is 16.7 Å². The van der Waals surface area contributed by atoms with Crippen LogP contribution in [0.3, 0.4) is 0 Å². The van der Waals surface area contributed by atoms with Gasteiger partial charge in [0, 0.05) is 60.7 Å². The Bertz CT molecular complexity index is 797. The van der Waals surface area contributed by atoms with Gasteiger partial charge in [-0.1, -0.05) is 46.6 Å². The molecule has 0 bridgehead atoms. The van der Waals surface area contributed by atoms with Gasteiger partial charge in [-0.25, -0.2) is 0 Å². The van der Waals surface area contributed by atoms with Crippen molar-refractivity contribution in [2.75, 3.05) is 46.4 Å². The van der Waals surface area contributed by atoms with Crippen LogP contribution in [-0.2, 0) is 4.74 Å². The minimum Gasteiger partial charge on any atom is -0.383 e. The average molecular weight is 460 g/mol. The SMILES string of the molecule is COCCN1CCN(C(C)c2cc(Cl)ccc2Sc2ccc(Cl)c(Cl)c2)CC1. The maximum absolute atomic E-state index is 6.34. The van der Waals surface area contributed by atoms with Crippen molar-refractivity contribution in [3.05, 3.63) is 57.0 Å². The molecule has 0 N–H and O–H groups in total. The van der Waals surface area contributed by atoms with E-state index in [0.717, 1.165) is 49.2 Å². The molecule has 2 aromatic carbocycles. The molecule has 1 fully saturated rings. The topological polar surface area (TPSA) is 15.7 Å². The summed E-state index contributed by atoms with van der Waals surface area (Å²) >= 11 is 20.3. The van der Waals surface area contributed by atoms with Gasteiger partial charge in [-0.2, -0.15) is 0 Å². The molecule has 3 rings (SSSR count). The van der Waals surface area contributed by atoms with Crippen LogP contribution in [0.15, 0.2) is 46.2 Å². The van der Waals surface area contributed by atoms with Gasteiger partial charge in [0.2, 0.25) is 0 Å². The molecule has 0 aromatic heterocycles. The highest BCUT2D eigenvalue weighted by molar-refractivity contribution is 7.99. The van der Waals surface area contributed by atoms with Crippen molar-refractivity contribution in [2.24, 2.45) is 0 Å². The van der Waals surface area contributed by atoms with E-state index < -0.39 is 0 Å². The standard InChI is InChI=1S/C21H25Cl3N2OS/c1-15(26-9-7-25(8-10-26)11-12-27-2)18-13-16(22)3-6-21(18)28-17-4-5-19(23)20(24)14-17/h3-6,13-15H,7-12H2,1-2H3. The molecule has 152 valence electrons. The van der Waals surface area contributed by atoms with Crippen LogP contribution >= 0.6 is 46.6 Å². The van der Waals surface area contributed by atoms with Gasteiger partial charge in [-0.15, -0.1) is 0 Å². The predicted molar refractivity (Wildman–Crippen MR) is 120 cm³/mol. The quantitative estimate of drug-likeness (QED) is 0.495. The fourth-order valence-electron chi connectivity index (χ4n) is 3.40. The molecule has 0 aliphatic carbocycles. The Hall–Kier alpha value is -0.460. The first-order valence-corrected chi connectivity index (χ1v) is 11.3. The first-order chi connectivity index (χ1) is 13.5. The second-order valence-corrected chi connectivity index (χ2v) is 9.27. The third-order valence-corrected chi connectivity index (χ3v) is 7.16. The first-order valence-electron chi connectivity index (χ1n) is 9.35. The number of ether oxygens (including phenoxy) is 1. The van der Waals surface area contributed by atoms with E-state index >= 15 is 0 Å². The highest BCUT2D eigenvalue weighted by Crippen LogP contribution is 2.38. The summed E-state index contributed by atoms with van der Waals surface area (Å²) in [6.07, 6.45) is 0. The van der Waals surface area contributed by atoms with Crippen molar-refractivity contribution in [3.63, 3.8) is 0 Å². The number of methoxy groups -OCH3 is 1. The molecule has 3 nitrogen and oxygen atoms in total. The van der Waals surface area contributed by atoms with E-state index in [1.807, 2.05) is 24.3 Å². The summed E-state index contributed by atoms with van der Waals surface area (Å²) < 4.78 is 5.20. The van der Waals surface area contributed by atoms with Crippen molar-refractivity contribution in [1.29, 1.82) is 0 Å². The normalized spacial score (nSPS) is 17.0. The molecule has 0 radical (unpaired) electrons. The van der Waals surface area contributed by atoms with E-state index in [1.165, 1.54) is 10.5 Å². The highest BCUT2D eigenvalue weighted by atomic mass is 35.5. The molecule has 28 heavy (non-hydrogen) atoms. The zero-order valence-corrected chi connectivity index (χ0v) is 19.2. The third kappa shape index (κ3) is 5.79. The molecule has 0 spiro atoms. The molecule has 1 aliphatic rings. The number of nitrogens with zero attached hydrogens (tertiary/aromatic N) is 2. The lowest BCUT2D eigenvalue weighted by Crippen LogP contribution is -2.47. The number of hydrogen-bond donors (Lipinski definition) is 0. The summed E-state index contributed by atoms with van der Waals surface area (Å²) in [5.74, 6) is 0. The molecule has 1 saturated heterocycles. The van der Waals surface area contributed by atoms with Crippen LogP contribution in [0.25, 0.3) is 0 Å². The van der Waals surface area contributed by atoms with Crippen molar-refractivity contribution < 1.29 is 4.74 Å². The van der Waals surface area contributed by atoms with Crippen LogP contribution < -0.4 is 0 Å². The summed E-state index contributed by atoms with van der Waals surface area (Å²) in [7, 11) is 1.75. The molecule has 0 amide bonds. The largest absolute Gasteiger partial charge is 0.383 e. The Morgan fingerprint density at radius 1 is 1.00 bits per heavy atom. The fourth-order valence-corrected chi connectivity index (χ4v) is 4.99. The lowest BCUT2D eigenvalue weighted by molar-refractivity contribution is 0.0781. The fraction of sp³-hybridized carbons (Fsp3) is 0.429. The molecule has 1 heterocycles. The third-order valence-electron chi connectivity index (χ3n) is 5.11. The smallest absolute Gasteiger partial charge is 0.0603 e. The lowest BCUT2D eigenvalue weighted by atomic mass is 10.1. The van der Waals surface area contributed by atoms with E-state index in [1.54, 1.807) is 18.9 Å². The Labute approximate surface area is 186 Å². The van der Waals surface area contributed by atoms with E-state index in [4.69, 9.17) is 39.5 Å². The zero-order chi connectivity index (χ0) is 20.1. The predicted octanol–water partition coefficient (Wildman–Crippen LogP) is 6.12. The van der Waals surface area contributed by atoms with Gasteiger partial charge in [0.15, 0.2) is 0 Å². The molecule has 1 atom stereocenters. The summed E-state index contributed by atoms with van der Waals surface area (Å²) in [6, 6.07) is 12.2. The van der Waals surface area contributed by atoms with Crippen molar-refractivity contribution in [3.8, 4) is 0 Å². The zero-order valence-electron chi connectivity index (χ0n) is 16.1. The monoisotopic (exact) mass is 458 g/mol. The number of rotatable bonds is 7. The maximum Gasteiger partial charge on any atom is 0.0603 e. The molecular formula is C21H25Cl3N2OS. The van der Waals surface area contributed by atoms with E-state index in [9.17, 15) is 0 Å². The molecule has 1 unspecified atom stereocenters. The number of halogens is 3. The van der Waals surface area contributed by atoms with Crippen LogP contribution in [0.4, 0.5) is 0 Å². The summed E-state index contributed by atoms with van der Waals surface area (Å²) in [5, 5.41) is 1.91. The maximum atomic E-state index is 6.34. The van der Waals surface area contributed by atoms with E-state index in [2.05, 4.69) is 28.9 Å². The Morgan fingerprint density at radius 3 is 2.43 bits per heavy atom. The van der Waals surface area contributed by atoms with Gasteiger partial charge in [0.25, 0.3) is 0 Å². The van der Waals surface area contributed by atoms with Gasteiger partial charge in [-0.05, 0) is 48.9 Å². The molecule has 2 aromatic rings. The van der Waals surface area contributed by atoms with Crippen LogP contribution in [0.5, 0.6) is 0 Å². The van der Waals surface area contributed by atoms with Crippen molar-refractivity contribution in [1.82, 2.24) is 9.80 Å². The second kappa shape index (κ2) is 10.5. The van der Waals surface area contributed by atoms with E-state index in [0.29, 0.717) is 10.0 Å². The van der Waals surface area contributed by atoms with Crippen LogP contribution in [0, 0.1) is 0 Å². The molecular weight excluding hydrogens is 435 g/mol. The number of hydrogen-bond acceptors (Lipinski definition) is 4. The number of piperazine rings is 1. The Morgan fingerprint density at radius 2 is 1.75 bits per heavy atom. The first kappa shape index (κ1) is 22.2. The molecule has 1 aliphatic heterocycles. The Kier molecular flexibility index (Phi) is 8.36. The highest BCUT2D eigenvalue weighted by Gasteiger charge is 2.24. The molecule has 0 saturated carbocycles. The van der Waals surface area contributed by atoms with Crippen LogP contribution in [0.2, 0.25) is 15.1 Å². The van der Waals surface area contributed by atoms with E-state index in [-0.39, 0.29) is 6.04 Å². The van der Waals surface area contributed by atoms with Crippen LogP contribution in [0.1, 0.15) is 18.5 Å². The minimum absolute atomic E-state index is 0.286. The van der Waals surface area contributed by atoms with Crippen molar-refractivity contribution in [2.45, 2.75) is 22.8 Å². The second-order valence-electron chi connectivity index (χ2n) is 6.91.